The van der Waals surface area contributed by atoms with Gasteiger partial charge in [-0.3, -0.25) is 4.79 Å². The van der Waals surface area contributed by atoms with Crippen LogP contribution in [0.3, 0.4) is 0 Å². The zero-order valence-electron chi connectivity index (χ0n) is 5.73. The van der Waals surface area contributed by atoms with Gasteiger partial charge in [0.2, 0.25) is 0 Å². The smallest absolute Gasteiger partial charge is 0.306 e. The van der Waals surface area contributed by atoms with Gasteiger partial charge in [-0.15, -0.1) is 0 Å². The van der Waals surface area contributed by atoms with Crippen LogP contribution in [0.15, 0.2) is 16.8 Å². The number of hydrogen-bond acceptors (Lipinski definition) is 3. The van der Waals surface area contributed by atoms with Gasteiger partial charge in [-0.2, -0.15) is 11.3 Å². The second-order valence-electron chi connectivity index (χ2n) is 2.17. The number of thiophene rings is 1. The molecule has 0 unspecified atom stereocenters. The molecule has 1 heterocycles. The summed E-state index contributed by atoms with van der Waals surface area (Å²) in [5.41, 5.74) is 0.678. The molecule has 1 aromatic rings. The van der Waals surface area contributed by atoms with Crippen molar-refractivity contribution in [1.82, 2.24) is 0 Å². The minimum absolute atomic E-state index is 0.225. The maximum absolute atomic E-state index is 10.1. The predicted molar refractivity (Wildman–Crippen MR) is 41.5 cm³/mol. The van der Waals surface area contributed by atoms with Gasteiger partial charge in [0.15, 0.2) is 0 Å². The lowest BCUT2D eigenvalue weighted by Gasteiger charge is -2.03. The summed E-state index contributed by atoms with van der Waals surface area (Å²) < 4.78 is 0. The Morgan fingerprint density at radius 1 is 1.73 bits per heavy atom. The molecule has 4 heteroatoms. The molecule has 0 aliphatic carbocycles. The quantitative estimate of drug-likeness (QED) is 0.721. The summed E-state index contributed by atoms with van der Waals surface area (Å²) in [6.07, 6.45) is -1.09. The molecule has 0 radical (unpaired) electrons. The second-order valence-corrected chi connectivity index (χ2v) is 2.95. The lowest BCUT2D eigenvalue weighted by Crippen LogP contribution is -2.03. The second kappa shape index (κ2) is 3.50. The van der Waals surface area contributed by atoms with Crippen molar-refractivity contribution >= 4 is 17.3 Å². The van der Waals surface area contributed by atoms with Gasteiger partial charge in [0.05, 0.1) is 12.5 Å². The SMILES string of the molecule is O=C(O)C[C@H](O)c1ccsc1. The minimum atomic E-state index is -0.983. The van der Waals surface area contributed by atoms with Crippen molar-refractivity contribution in [3.8, 4) is 0 Å². The summed E-state index contributed by atoms with van der Waals surface area (Å²) in [7, 11) is 0. The molecule has 0 spiro atoms. The molecule has 60 valence electrons. The fraction of sp³-hybridized carbons (Fsp3) is 0.286. The third-order valence-electron chi connectivity index (χ3n) is 1.30. The molecule has 0 saturated heterocycles. The van der Waals surface area contributed by atoms with Gasteiger partial charge < -0.3 is 10.2 Å². The van der Waals surface area contributed by atoms with Crippen molar-refractivity contribution in [3.05, 3.63) is 22.4 Å². The van der Waals surface area contributed by atoms with Crippen LogP contribution in [0, 0.1) is 0 Å². The summed E-state index contributed by atoms with van der Waals surface area (Å²) in [5.74, 6) is -0.983. The molecule has 1 rings (SSSR count). The van der Waals surface area contributed by atoms with Crippen LogP contribution < -0.4 is 0 Å². The lowest BCUT2D eigenvalue weighted by atomic mass is 10.1. The van der Waals surface area contributed by atoms with Crippen molar-refractivity contribution in [2.24, 2.45) is 0 Å². The Bertz CT molecular complexity index is 230. The third kappa shape index (κ3) is 2.32. The van der Waals surface area contributed by atoms with Crippen molar-refractivity contribution in [2.45, 2.75) is 12.5 Å². The Balaban J connectivity index is 2.56. The Hall–Kier alpha value is -0.870. The van der Waals surface area contributed by atoms with E-state index in [0.717, 1.165) is 0 Å². The molecular weight excluding hydrogens is 164 g/mol. The largest absolute Gasteiger partial charge is 0.481 e. The maximum atomic E-state index is 10.1. The number of rotatable bonds is 3. The summed E-state index contributed by atoms with van der Waals surface area (Å²) >= 11 is 1.44. The number of aliphatic carboxylic acids is 1. The standard InChI is InChI=1S/C7H8O3S/c8-6(3-7(9)10)5-1-2-11-4-5/h1-2,4,6,8H,3H2,(H,9,10)/t6-/m0/s1. The van der Waals surface area contributed by atoms with E-state index in [0.29, 0.717) is 5.56 Å². The molecular formula is C7H8O3S. The highest BCUT2D eigenvalue weighted by atomic mass is 32.1. The van der Waals surface area contributed by atoms with E-state index in [2.05, 4.69) is 0 Å². The molecule has 11 heavy (non-hydrogen) atoms. The summed E-state index contributed by atoms with van der Waals surface area (Å²) in [4.78, 5) is 10.1. The van der Waals surface area contributed by atoms with Gasteiger partial charge in [0, 0.05) is 0 Å². The number of carbonyl (C=O) groups is 1. The molecule has 0 aliphatic heterocycles. The lowest BCUT2D eigenvalue weighted by molar-refractivity contribution is -0.139. The zero-order valence-corrected chi connectivity index (χ0v) is 6.54. The maximum Gasteiger partial charge on any atom is 0.306 e. The van der Waals surface area contributed by atoms with E-state index in [9.17, 15) is 9.90 Å². The first-order valence-corrected chi connectivity index (χ1v) is 4.06. The molecule has 1 aromatic heterocycles. The first-order chi connectivity index (χ1) is 5.20. The fourth-order valence-corrected chi connectivity index (χ4v) is 1.45. The highest BCUT2D eigenvalue weighted by molar-refractivity contribution is 7.07. The zero-order chi connectivity index (χ0) is 8.27. The third-order valence-corrected chi connectivity index (χ3v) is 2.00. The van der Waals surface area contributed by atoms with Crippen LogP contribution in [0.2, 0.25) is 0 Å². The molecule has 0 aromatic carbocycles. The molecule has 1 atom stereocenters. The van der Waals surface area contributed by atoms with Gasteiger partial charge in [0.25, 0.3) is 0 Å². The number of aliphatic hydroxyl groups is 1. The van der Waals surface area contributed by atoms with Gasteiger partial charge in [0.1, 0.15) is 0 Å². The van der Waals surface area contributed by atoms with Gasteiger partial charge in [-0.25, -0.2) is 0 Å². The van der Waals surface area contributed by atoms with Crippen LogP contribution in [0.5, 0.6) is 0 Å². The molecule has 3 nitrogen and oxygen atoms in total. The number of aliphatic hydroxyl groups excluding tert-OH is 1. The van der Waals surface area contributed by atoms with Gasteiger partial charge in [-0.1, -0.05) is 0 Å². The Kier molecular flexibility index (Phi) is 2.62. The van der Waals surface area contributed by atoms with Crippen molar-refractivity contribution < 1.29 is 15.0 Å². The molecule has 0 aliphatic rings. The Labute approximate surface area is 67.9 Å². The summed E-state index contributed by atoms with van der Waals surface area (Å²) in [6, 6.07) is 1.72. The fourth-order valence-electron chi connectivity index (χ4n) is 0.748. The molecule has 0 saturated carbocycles. The van der Waals surface area contributed by atoms with E-state index in [1.165, 1.54) is 11.3 Å². The normalized spacial score (nSPS) is 12.8. The van der Waals surface area contributed by atoms with Crippen LogP contribution >= 0.6 is 11.3 Å². The van der Waals surface area contributed by atoms with Crippen LogP contribution in [0.1, 0.15) is 18.1 Å². The Morgan fingerprint density at radius 3 is 2.91 bits per heavy atom. The van der Waals surface area contributed by atoms with E-state index in [4.69, 9.17) is 5.11 Å². The van der Waals surface area contributed by atoms with E-state index >= 15 is 0 Å². The molecule has 2 N–H and O–H groups in total. The van der Waals surface area contributed by atoms with E-state index in [1.807, 2.05) is 0 Å². The number of hydrogen-bond donors (Lipinski definition) is 2. The van der Waals surface area contributed by atoms with Crippen molar-refractivity contribution in [3.63, 3.8) is 0 Å². The summed E-state index contributed by atoms with van der Waals surface area (Å²) in [5, 5.41) is 21.1. The molecule has 0 amide bonds. The van der Waals surface area contributed by atoms with Crippen LogP contribution in [-0.2, 0) is 4.79 Å². The van der Waals surface area contributed by atoms with Gasteiger partial charge in [-0.05, 0) is 22.4 Å². The highest BCUT2D eigenvalue weighted by Crippen LogP contribution is 2.18. The monoisotopic (exact) mass is 172 g/mol. The first-order valence-electron chi connectivity index (χ1n) is 3.12. The predicted octanol–water partition coefficient (Wildman–Crippen LogP) is 1.26. The van der Waals surface area contributed by atoms with E-state index < -0.39 is 12.1 Å². The number of carboxylic acids is 1. The highest BCUT2D eigenvalue weighted by Gasteiger charge is 2.11. The van der Waals surface area contributed by atoms with Gasteiger partial charge >= 0.3 is 5.97 Å². The molecule has 0 bridgehead atoms. The average Bonchev–Trinajstić information content (AvgIpc) is 2.35. The van der Waals surface area contributed by atoms with Crippen LogP contribution in [-0.4, -0.2) is 16.2 Å². The van der Waals surface area contributed by atoms with E-state index in [1.54, 1.807) is 16.8 Å². The summed E-state index contributed by atoms with van der Waals surface area (Å²) in [6.45, 7) is 0. The Morgan fingerprint density at radius 2 is 2.45 bits per heavy atom. The van der Waals surface area contributed by atoms with Crippen molar-refractivity contribution in [2.75, 3.05) is 0 Å². The van der Waals surface area contributed by atoms with Crippen LogP contribution in [0.4, 0.5) is 0 Å². The first kappa shape index (κ1) is 8.23. The van der Waals surface area contributed by atoms with E-state index in [-0.39, 0.29) is 6.42 Å². The minimum Gasteiger partial charge on any atom is -0.481 e. The van der Waals surface area contributed by atoms with Crippen molar-refractivity contribution in [1.29, 1.82) is 0 Å². The average molecular weight is 172 g/mol. The number of carboxylic acid groups (broad SMARTS) is 1. The topological polar surface area (TPSA) is 57.5 Å². The van der Waals surface area contributed by atoms with Crippen LogP contribution in [0.25, 0.3) is 0 Å². The molecule has 0 fully saturated rings.